The molecule has 0 spiro atoms. The second kappa shape index (κ2) is 6.15. The Hall–Kier alpha value is -2.06. The summed E-state index contributed by atoms with van der Waals surface area (Å²) in [5.41, 5.74) is -1.17. The molecule has 6 nitrogen and oxygen atoms in total. The Morgan fingerprint density at radius 2 is 2.14 bits per heavy atom. The van der Waals surface area contributed by atoms with E-state index in [1.165, 1.54) is 4.90 Å². The fraction of sp³-hybridized carbons (Fsp3) is 0.583. The standard InChI is InChI=1S/C12H14F3N3O3/c13-12(14,15)9-10(17-4-3-16-9)21-7-8-2-1-5-18(6-8)11(19)20/h3-4,8H,1-2,5-7H2,(H,19,20). The Balaban J connectivity index is 1.99. The minimum atomic E-state index is -4.64. The minimum absolute atomic E-state index is 0.0223. The van der Waals surface area contributed by atoms with Crippen LogP contribution in [-0.4, -0.2) is 45.8 Å². The fourth-order valence-corrected chi connectivity index (χ4v) is 2.20. The molecule has 1 atom stereocenters. The highest BCUT2D eigenvalue weighted by Crippen LogP contribution is 2.33. The average molecular weight is 305 g/mol. The molecule has 0 radical (unpaired) electrons. The van der Waals surface area contributed by atoms with Gasteiger partial charge < -0.3 is 14.7 Å². The molecule has 0 aliphatic carbocycles. The number of rotatable bonds is 3. The lowest BCUT2D eigenvalue weighted by Gasteiger charge is -2.30. The first-order valence-corrected chi connectivity index (χ1v) is 6.37. The van der Waals surface area contributed by atoms with E-state index in [0.717, 1.165) is 12.4 Å². The van der Waals surface area contributed by atoms with Gasteiger partial charge in [0.2, 0.25) is 11.6 Å². The van der Waals surface area contributed by atoms with Crippen LogP contribution in [0.3, 0.4) is 0 Å². The van der Waals surface area contributed by atoms with Gasteiger partial charge in [0, 0.05) is 31.4 Å². The van der Waals surface area contributed by atoms with Crippen molar-refractivity contribution in [2.24, 2.45) is 5.92 Å². The van der Waals surface area contributed by atoms with Crippen LogP contribution in [0.2, 0.25) is 0 Å². The highest BCUT2D eigenvalue weighted by Gasteiger charge is 2.37. The number of ether oxygens (including phenoxy) is 1. The van der Waals surface area contributed by atoms with Crippen LogP contribution in [-0.2, 0) is 6.18 Å². The van der Waals surface area contributed by atoms with Crippen LogP contribution in [0, 0.1) is 5.92 Å². The van der Waals surface area contributed by atoms with Crippen molar-refractivity contribution in [3.63, 3.8) is 0 Å². The molecular formula is C12H14F3N3O3. The van der Waals surface area contributed by atoms with Crippen molar-refractivity contribution in [3.8, 4) is 5.88 Å². The van der Waals surface area contributed by atoms with Gasteiger partial charge in [0.05, 0.1) is 6.61 Å². The molecule has 1 saturated heterocycles. The second-order valence-electron chi connectivity index (χ2n) is 4.76. The van der Waals surface area contributed by atoms with E-state index in [4.69, 9.17) is 9.84 Å². The van der Waals surface area contributed by atoms with Crippen molar-refractivity contribution in [2.45, 2.75) is 19.0 Å². The summed E-state index contributed by atoms with van der Waals surface area (Å²) in [6.45, 7) is 0.660. The zero-order valence-corrected chi connectivity index (χ0v) is 11.0. The Morgan fingerprint density at radius 1 is 1.43 bits per heavy atom. The van der Waals surface area contributed by atoms with Crippen molar-refractivity contribution in [3.05, 3.63) is 18.1 Å². The number of halogens is 3. The van der Waals surface area contributed by atoms with Gasteiger partial charge >= 0.3 is 12.3 Å². The molecule has 0 saturated carbocycles. The van der Waals surface area contributed by atoms with Crippen molar-refractivity contribution in [1.82, 2.24) is 14.9 Å². The molecule has 1 aliphatic heterocycles. The molecule has 9 heteroatoms. The highest BCUT2D eigenvalue weighted by atomic mass is 19.4. The zero-order chi connectivity index (χ0) is 15.5. The van der Waals surface area contributed by atoms with Gasteiger partial charge in [-0.2, -0.15) is 13.2 Å². The molecule has 1 aliphatic rings. The molecule has 1 amide bonds. The van der Waals surface area contributed by atoms with Crippen molar-refractivity contribution in [1.29, 1.82) is 0 Å². The Bertz CT molecular complexity index is 510. The summed E-state index contributed by atoms with van der Waals surface area (Å²) in [7, 11) is 0. The van der Waals surface area contributed by atoms with E-state index in [-0.39, 0.29) is 19.1 Å². The Labute approximate surface area is 118 Å². The number of hydrogen-bond donors (Lipinski definition) is 1. The first-order valence-electron chi connectivity index (χ1n) is 6.37. The van der Waals surface area contributed by atoms with Gasteiger partial charge in [-0.25, -0.2) is 14.8 Å². The van der Waals surface area contributed by atoms with Crippen LogP contribution < -0.4 is 4.74 Å². The summed E-state index contributed by atoms with van der Waals surface area (Å²) in [5, 5.41) is 8.91. The number of carboxylic acid groups (broad SMARTS) is 1. The molecule has 1 aromatic heterocycles. The van der Waals surface area contributed by atoms with Crippen LogP contribution in [0.25, 0.3) is 0 Å². The predicted molar refractivity (Wildman–Crippen MR) is 64.9 cm³/mol. The van der Waals surface area contributed by atoms with Crippen LogP contribution in [0.5, 0.6) is 5.88 Å². The Kier molecular flexibility index (Phi) is 4.49. The number of alkyl halides is 3. The molecule has 1 fully saturated rings. The van der Waals surface area contributed by atoms with Gasteiger partial charge in [0.1, 0.15) is 0 Å². The maximum Gasteiger partial charge on any atom is 0.438 e. The SMILES string of the molecule is O=C(O)N1CCCC(COc2nccnc2C(F)(F)F)C1. The molecule has 1 N–H and O–H groups in total. The topological polar surface area (TPSA) is 75.5 Å². The van der Waals surface area contributed by atoms with E-state index in [0.29, 0.717) is 19.4 Å². The van der Waals surface area contributed by atoms with Crippen LogP contribution in [0.15, 0.2) is 12.4 Å². The number of likely N-dealkylation sites (tertiary alicyclic amines) is 1. The summed E-state index contributed by atoms with van der Waals surface area (Å²) < 4.78 is 43.3. The van der Waals surface area contributed by atoms with Gasteiger partial charge in [-0.15, -0.1) is 0 Å². The van der Waals surface area contributed by atoms with E-state index in [2.05, 4.69) is 9.97 Å². The van der Waals surface area contributed by atoms with Gasteiger partial charge in [-0.05, 0) is 12.8 Å². The summed E-state index contributed by atoms with van der Waals surface area (Å²) in [4.78, 5) is 18.9. The lowest BCUT2D eigenvalue weighted by molar-refractivity contribution is -0.143. The van der Waals surface area contributed by atoms with E-state index >= 15 is 0 Å². The minimum Gasteiger partial charge on any atom is -0.476 e. The van der Waals surface area contributed by atoms with E-state index in [1.54, 1.807) is 0 Å². The highest BCUT2D eigenvalue weighted by molar-refractivity contribution is 5.65. The molecule has 21 heavy (non-hydrogen) atoms. The van der Waals surface area contributed by atoms with Gasteiger partial charge in [-0.1, -0.05) is 0 Å². The molecule has 0 bridgehead atoms. The van der Waals surface area contributed by atoms with Crippen molar-refractivity contribution < 1.29 is 27.8 Å². The van der Waals surface area contributed by atoms with Crippen LogP contribution >= 0.6 is 0 Å². The van der Waals surface area contributed by atoms with Gasteiger partial charge in [0.15, 0.2) is 0 Å². The van der Waals surface area contributed by atoms with E-state index in [9.17, 15) is 18.0 Å². The molecule has 0 aromatic carbocycles. The van der Waals surface area contributed by atoms with E-state index < -0.39 is 23.8 Å². The molecule has 2 rings (SSSR count). The smallest absolute Gasteiger partial charge is 0.438 e. The summed E-state index contributed by atoms with van der Waals surface area (Å²) in [6, 6.07) is 0. The normalized spacial score (nSPS) is 19.4. The first-order chi connectivity index (χ1) is 9.88. The fourth-order valence-electron chi connectivity index (χ4n) is 2.20. The molecule has 1 unspecified atom stereocenters. The molecular weight excluding hydrogens is 291 g/mol. The zero-order valence-electron chi connectivity index (χ0n) is 11.0. The number of nitrogens with zero attached hydrogens (tertiary/aromatic N) is 3. The molecule has 116 valence electrons. The lowest BCUT2D eigenvalue weighted by Crippen LogP contribution is -2.40. The predicted octanol–water partition coefficient (Wildman–Crippen LogP) is 2.26. The third-order valence-electron chi connectivity index (χ3n) is 3.18. The monoisotopic (exact) mass is 305 g/mol. The Morgan fingerprint density at radius 3 is 2.81 bits per heavy atom. The largest absolute Gasteiger partial charge is 0.476 e. The summed E-state index contributed by atoms with van der Waals surface area (Å²) in [6.07, 6.45) is -2.24. The van der Waals surface area contributed by atoms with Crippen molar-refractivity contribution in [2.75, 3.05) is 19.7 Å². The third kappa shape index (κ3) is 3.96. The third-order valence-corrected chi connectivity index (χ3v) is 3.18. The number of amides is 1. The molecule has 2 heterocycles. The number of carbonyl (C=O) groups is 1. The summed E-state index contributed by atoms with van der Waals surface area (Å²) in [5.74, 6) is -0.726. The van der Waals surface area contributed by atoms with Gasteiger partial charge in [0.25, 0.3) is 0 Å². The number of aromatic nitrogens is 2. The molecule has 1 aromatic rings. The van der Waals surface area contributed by atoms with E-state index in [1.807, 2.05) is 0 Å². The quantitative estimate of drug-likeness (QED) is 0.927. The summed E-state index contributed by atoms with van der Waals surface area (Å²) >= 11 is 0. The number of hydrogen-bond acceptors (Lipinski definition) is 4. The maximum absolute atomic E-state index is 12.7. The lowest BCUT2D eigenvalue weighted by atomic mass is 9.99. The maximum atomic E-state index is 12.7. The second-order valence-corrected chi connectivity index (χ2v) is 4.76. The van der Waals surface area contributed by atoms with Gasteiger partial charge in [-0.3, -0.25) is 0 Å². The first kappa shape index (κ1) is 15.3. The van der Waals surface area contributed by atoms with Crippen LogP contribution in [0.4, 0.5) is 18.0 Å². The average Bonchev–Trinajstić information content (AvgIpc) is 2.45. The number of piperidine rings is 1. The van der Waals surface area contributed by atoms with Crippen molar-refractivity contribution >= 4 is 6.09 Å². The van der Waals surface area contributed by atoms with Crippen LogP contribution in [0.1, 0.15) is 18.5 Å².